The van der Waals surface area contributed by atoms with Crippen molar-refractivity contribution in [1.29, 1.82) is 0 Å². The molecule has 0 bridgehead atoms. The largest absolute Gasteiger partial charge is 0.496 e. The number of rotatable bonds is 5. The van der Waals surface area contributed by atoms with E-state index in [1.54, 1.807) is 33.5 Å². The molecule has 1 atom stereocenters. The molecular formula is C14H14Cl2O3S. The van der Waals surface area contributed by atoms with Gasteiger partial charge in [-0.2, -0.15) is 0 Å². The number of ether oxygens (including phenoxy) is 3. The van der Waals surface area contributed by atoms with E-state index in [0.717, 1.165) is 16.2 Å². The first-order valence-electron chi connectivity index (χ1n) is 5.79. The van der Waals surface area contributed by atoms with Gasteiger partial charge in [-0.1, -0.05) is 11.6 Å². The van der Waals surface area contributed by atoms with Crippen LogP contribution < -0.4 is 14.2 Å². The highest BCUT2D eigenvalue weighted by Gasteiger charge is 2.22. The number of thiophene rings is 1. The van der Waals surface area contributed by atoms with Crippen molar-refractivity contribution >= 4 is 34.5 Å². The van der Waals surface area contributed by atoms with E-state index in [1.165, 1.54) is 11.3 Å². The first-order valence-corrected chi connectivity index (χ1v) is 7.48. The third-order valence-electron chi connectivity index (χ3n) is 2.88. The van der Waals surface area contributed by atoms with E-state index >= 15 is 0 Å². The molecule has 20 heavy (non-hydrogen) atoms. The van der Waals surface area contributed by atoms with Crippen molar-refractivity contribution < 1.29 is 14.2 Å². The normalized spacial score (nSPS) is 12.1. The Kier molecular flexibility index (Phi) is 5.02. The van der Waals surface area contributed by atoms with Crippen LogP contribution in [0.2, 0.25) is 5.02 Å². The van der Waals surface area contributed by atoms with Gasteiger partial charge in [-0.25, -0.2) is 0 Å². The second-order valence-electron chi connectivity index (χ2n) is 3.94. The van der Waals surface area contributed by atoms with Crippen LogP contribution in [0.4, 0.5) is 0 Å². The molecule has 0 N–H and O–H groups in total. The minimum absolute atomic E-state index is 0.405. The molecule has 0 saturated heterocycles. The van der Waals surface area contributed by atoms with Crippen LogP contribution in [-0.4, -0.2) is 21.3 Å². The molecule has 1 aromatic heterocycles. The van der Waals surface area contributed by atoms with Gasteiger partial charge in [0.25, 0.3) is 0 Å². The summed E-state index contributed by atoms with van der Waals surface area (Å²) < 4.78 is 15.8. The van der Waals surface area contributed by atoms with E-state index in [1.807, 2.05) is 11.4 Å². The number of halogens is 2. The molecule has 0 amide bonds. The van der Waals surface area contributed by atoms with Crippen molar-refractivity contribution in [2.75, 3.05) is 21.3 Å². The Bertz CT molecular complexity index is 598. The summed E-state index contributed by atoms with van der Waals surface area (Å²) in [6, 6.07) is 5.37. The fraction of sp³-hybridized carbons (Fsp3) is 0.286. The number of benzene rings is 1. The molecule has 0 aliphatic heterocycles. The lowest BCUT2D eigenvalue weighted by Gasteiger charge is -2.15. The van der Waals surface area contributed by atoms with Crippen LogP contribution in [-0.2, 0) is 0 Å². The highest BCUT2D eigenvalue weighted by molar-refractivity contribution is 7.10. The summed E-state index contributed by atoms with van der Waals surface area (Å²) in [6.45, 7) is 0. The Morgan fingerprint density at radius 3 is 2.20 bits per heavy atom. The van der Waals surface area contributed by atoms with Gasteiger partial charge in [0.05, 0.1) is 31.6 Å². The smallest absolute Gasteiger partial charge is 0.162 e. The van der Waals surface area contributed by atoms with Gasteiger partial charge in [0.1, 0.15) is 5.75 Å². The van der Waals surface area contributed by atoms with Crippen LogP contribution in [0.15, 0.2) is 23.6 Å². The zero-order valence-electron chi connectivity index (χ0n) is 11.3. The van der Waals surface area contributed by atoms with Crippen LogP contribution >= 0.6 is 34.5 Å². The van der Waals surface area contributed by atoms with E-state index in [4.69, 9.17) is 37.4 Å². The minimum Gasteiger partial charge on any atom is -0.496 e. The molecule has 0 spiro atoms. The quantitative estimate of drug-likeness (QED) is 0.739. The minimum atomic E-state index is -0.405. The van der Waals surface area contributed by atoms with Crippen LogP contribution in [0, 0.1) is 0 Å². The van der Waals surface area contributed by atoms with Crippen molar-refractivity contribution in [3.63, 3.8) is 0 Å². The zero-order chi connectivity index (χ0) is 14.7. The topological polar surface area (TPSA) is 27.7 Å². The Morgan fingerprint density at radius 1 is 1.00 bits per heavy atom. The Morgan fingerprint density at radius 2 is 1.60 bits per heavy atom. The summed E-state index contributed by atoms with van der Waals surface area (Å²) in [5.74, 6) is 1.91. The molecule has 0 saturated carbocycles. The number of hydrogen-bond donors (Lipinski definition) is 0. The molecular weight excluding hydrogens is 319 g/mol. The average molecular weight is 333 g/mol. The van der Waals surface area contributed by atoms with Gasteiger partial charge in [-0.3, -0.25) is 0 Å². The molecule has 0 aliphatic rings. The molecule has 0 fully saturated rings. The maximum atomic E-state index is 6.54. The van der Waals surface area contributed by atoms with Gasteiger partial charge in [-0.05, 0) is 23.1 Å². The molecule has 2 rings (SSSR count). The standard InChI is InChI=1S/C14H14Cl2O3S/c1-17-10-4-5-20-14(10)13(16)8-6-11(18-2)12(19-3)7-9(8)15/h4-7,13H,1-3H3. The molecule has 1 aromatic carbocycles. The van der Waals surface area contributed by atoms with E-state index in [0.29, 0.717) is 16.5 Å². The Balaban J connectivity index is 2.46. The molecule has 3 nitrogen and oxygen atoms in total. The SMILES string of the molecule is COc1cc(Cl)c(C(Cl)c2sccc2OC)cc1OC. The predicted molar refractivity (Wildman–Crippen MR) is 83.1 cm³/mol. The third kappa shape index (κ3) is 2.82. The molecule has 108 valence electrons. The summed E-state index contributed by atoms with van der Waals surface area (Å²) >= 11 is 14.3. The predicted octanol–water partition coefficient (Wildman–Crippen LogP) is 4.76. The zero-order valence-corrected chi connectivity index (χ0v) is 13.6. The highest BCUT2D eigenvalue weighted by Crippen LogP contribution is 2.44. The highest BCUT2D eigenvalue weighted by atomic mass is 35.5. The second kappa shape index (κ2) is 6.57. The lowest BCUT2D eigenvalue weighted by molar-refractivity contribution is 0.354. The van der Waals surface area contributed by atoms with Crippen molar-refractivity contribution in [2.24, 2.45) is 0 Å². The summed E-state index contributed by atoms with van der Waals surface area (Å²) in [6.07, 6.45) is 0. The number of methoxy groups -OCH3 is 3. The maximum absolute atomic E-state index is 6.54. The van der Waals surface area contributed by atoms with E-state index in [-0.39, 0.29) is 0 Å². The van der Waals surface area contributed by atoms with Crippen LogP contribution in [0.5, 0.6) is 17.2 Å². The lowest BCUT2D eigenvalue weighted by atomic mass is 10.1. The van der Waals surface area contributed by atoms with E-state index in [2.05, 4.69) is 0 Å². The fourth-order valence-electron chi connectivity index (χ4n) is 1.87. The van der Waals surface area contributed by atoms with Crippen molar-refractivity contribution in [2.45, 2.75) is 5.38 Å². The number of alkyl halides is 1. The first-order chi connectivity index (χ1) is 9.62. The van der Waals surface area contributed by atoms with Crippen LogP contribution in [0.3, 0.4) is 0 Å². The van der Waals surface area contributed by atoms with Gasteiger partial charge in [0, 0.05) is 11.1 Å². The van der Waals surface area contributed by atoms with E-state index in [9.17, 15) is 0 Å². The Labute approximate surface area is 132 Å². The van der Waals surface area contributed by atoms with Gasteiger partial charge < -0.3 is 14.2 Å². The summed E-state index contributed by atoms with van der Waals surface area (Å²) in [4.78, 5) is 0.906. The molecule has 6 heteroatoms. The van der Waals surface area contributed by atoms with E-state index < -0.39 is 5.38 Å². The fourth-order valence-corrected chi connectivity index (χ4v) is 3.48. The second-order valence-corrected chi connectivity index (χ2v) is 5.74. The summed E-state index contributed by atoms with van der Waals surface area (Å²) in [7, 11) is 4.75. The van der Waals surface area contributed by atoms with Crippen molar-refractivity contribution in [1.82, 2.24) is 0 Å². The Hall–Kier alpha value is -1.10. The summed E-state index contributed by atoms with van der Waals surface area (Å²) in [5, 5.41) is 2.05. The maximum Gasteiger partial charge on any atom is 0.162 e. The monoisotopic (exact) mass is 332 g/mol. The third-order valence-corrected chi connectivity index (χ3v) is 4.76. The van der Waals surface area contributed by atoms with Gasteiger partial charge >= 0.3 is 0 Å². The van der Waals surface area contributed by atoms with Gasteiger partial charge in [-0.15, -0.1) is 22.9 Å². The molecule has 1 heterocycles. The van der Waals surface area contributed by atoms with Crippen LogP contribution in [0.25, 0.3) is 0 Å². The number of hydrogen-bond acceptors (Lipinski definition) is 4. The molecule has 0 radical (unpaired) electrons. The average Bonchev–Trinajstić information content (AvgIpc) is 2.94. The van der Waals surface area contributed by atoms with Crippen molar-refractivity contribution in [3.05, 3.63) is 39.0 Å². The molecule has 2 aromatic rings. The molecule has 0 aliphatic carbocycles. The van der Waals surface area contributed by atoms with Crippen LogP contribution in [0.1, 0.15) is 15.8 Å². The molecule has 1 unspecified atom stereocenters. The first kappa shape index (κ1) is 15.3. The van der Waals surface area contributed by atoms with Gasteiger partial charge in [0.2, 0.25) is 0 Å². The van der Waals surface area contributed by atoms with Gasteiger partial charge in [0.15, 0.2) is 11.5 Å². The lowest BCUT2D eigenvalue weighted by Crippen LogP contribution is -1.98. The summed E-state index contributed by atoms with van der Waals surface area (Å²) in [5.41, 5.74) is 0.756. The van der Waals surface area contributed by atoms with Crippen molar-refractivity contribution in [3.8, 4) is 17.2 Å².